The summed E-state index contributed by atoms with van der Waals surface area (Å²) in [6.07, 6.45) is 0.478. The van der Waals surface area contributed by atoms with Gasteiger partial charge in [0.1, 0.15) is 17.4 Å². The van der Waals surface area contributed by atoms with Crippen molar-refractivity contribution in [3.8, 4) is 27.1 Å². The van der Waals surface area contributed by atoms with Crippen LogP contribution in [0.2, 0.25) is 0 Å². The van der Waals surface area contributed by atoms with Gasteiger partial charge >= 0.3 is 0 Å². The maximum atomic E-state index is 14.8. The molecule has 0 unspecified atom stereocenters. The number of nitriles is 1. The lowest BCUT2D eigenvalue weighted by atomic mass is 10.00. The number of hydrogen-bond acceptors (Lipinski definition) is 5. The number of alkyl halides is 2. The maximum Gasteiger partial charge on any atom is 0.274 e. The molecule has 2 aromatic heterocycles. The first-order valence-electron chi connectivity index (χ1n) is 11.2. The molecule has 0 amide bonds. The molecule has 0 aliphatic rings. The topological polar surface area (TPSA) is 79.9 Å². The summed E-state index contributed by atoms with van der Waals surface area (Å²) >= 11 is 1.16. The van der Waals surface area contributed by atoms with Crippen LogP contribution < -0.4 is 5.56 Å². The van der Waals surface area contributed by atoms with Gasteiger partial charge in [-0.1, -0.05) is 37.3 Å². The first-order chi connectivity index (χ1) is 17.5. The summed E-state index contributed by atoms with van der Waals surface area (Å²) in [4.78, 5) is 14.5. The average Bonchev–Trinajstić information content (AvgIpc) is 3.36. The summed E-state index contributed by atoms with van der Waals surface area (Å²) < 4.78 is 69.2. The van der Waals surface area contributed by atoms with Gasteiger partial charge in [0.05, 0.1) is 22.0 Å². The number of pyridine rings is 1. The number of thiophene rings is 1. The fourth-order valence-electron chi connectivity index (χ4n) is 3.90. The van der Waals surface area contributed by atoms with Gasteiger partial charge in [0.15, 0.2) is 9.84 Å². The van der Waals surface area contributed by atoms with E-state index < -0.39 is 44.7 Å². The Balaban J connectivity index is 1.94. The third-order valence-corrected chi connectivity index (χ3v) is 8.21. The minimum Gasteiger partial charge on any atom is -0.302 e. The molecule has 0 saturated carbocycles. The van der Waals surface area contributed by atoms with E-state index >= 15 is 0 Å². The second kappa shape index (κ2) is 10.00. The molecule has 0 bridgehead atoms. The lowest BCUT2D eigenvalue weighted by molar-refractivity contribution is -0.00876. The van der Waals surface area contributed by atoms with Crippen LogP contribution in [0.4, 0.5) is 13.2 Å². The molecule has 37 heavy (non-hydrogen) atoms. The molecule has 0 saturated heterocycles. The molecule has 4 aromatic rings. The Morgan fingerprint density at radius 1 is 1.03 bits per heavy atom. The predicted molar refractivity (Wildman–Crippen MR) is 137 cm³/mol. The van der Waals surface area contributed by atoms with Crippen LogP contribution in [0.5, 0.6) is 0 Å². The van der Waals surface area contributed by atoms with Gasteiger partial charge in [-0.05, 0) is 42.0 Å². The molecular weight excluding hydrogens is 521 g/mol. The second-order valence-corrected chi connectivity index (χ2v) is 11.5. The van der Waals surface area contributed by atoms with Gasteiger partial charge in [0.25, 0.3) is 11.5 Å². The van der Waals surface area contributed by atoms with Crippen molar-refractivity contribution in [3.05, 3.63) is 99.6 Å². The maximum absolute atomic E-state index is 14.8. The normalized spacial score (nSPS) is 11.9. The monoisotopic (exact) mass is 542 g/mol. The van der Waals surface area contributed by atoms with Crippen molar-refractivity contribution in [2.75, 3.05) is 6.26 Å². The lowest BCUT2D eigenvalue weighted by Gasteiger charge is -2.20. The summed E-state index contributed by atoms with van der Waals surface area (Å²) in [5.74, 6) is -4.01. The van der Waals surface area contributed by atoms with Crippen molar-refractivity contribution in [2.24, 2.45) is 0 Å². The summed E-state index contributed by atoms with van der Waals surface area (Å²) in [6, 6.07) is 18.1. The van der Waals surface area contributed by atoms with Crippen LogP contribution in [0.1, 0.15) is 30.0 Å². The Labute approximate surface area is 216 Å². The van der Waals surface area contributed by atoms with Crippen molar-refractivity contribution in [1.29, 1.82) is 5.26 Å². The van der Waals surface area contributed by atoms with Gasteiger partial charge in [0, 0.05) is 28.7 Å². The molecule has 5 nitrogen and oxygen atoms in total. The quantitative estimate of drug-likeness (QED) is 0.278. The van der Waals surface area contributed by atoms with Gasteiger partial charge in [-0.15, -0.1) is 11.3 Å². The van der Waals surface area contributed by atoms with E-state index in [1.54, 1.807) is 36.4 Å². The van der Waals surface area contributed by atoms with Crippen LogP contribution in [0.3, 0.4) is 0 Å². The van der Waals surface area contributed by atoms with Crippen LogP contribution >= 0.6 is 11.3 Å². The number of rotatable bonds is 7. The van der Waals surface area contributed by atoms with Gasteiger partial charge in [-0.2, -0.15) is 5.26 Å². The fraction of sp³-hybridized carbons (Fsp3) is 0.185. The molecule has 0 aliphatic heterocycles. The van der Waals surface area contributed by atoms with Gasteiger partial charge in [-0.3, -0.25) is 4.79 Å². The zero-order valence-electron chi connectivity index (χ0n) is 19.8. The van der Waals surface area contributed by atoms with Crippen LogP contribution in [-0.2, 0) is 22.3 Å². The number of halogens is 3. The van der Waals surface area contributed by atoms with Gasteiger partial charge < -0.3 is 4.57 Å². The van der Waals surface area contributed by atoms with Crippen molar-refractivity contribution < 1.29 is 21.6 Å². The lowest BCUT2D eigenvalue weighted by Crippen LogP contribution is -2.29. The Hall–Kier alpha value is -3.68. The van der Waals surface area contributed by atoms with Gasteiger partial charge in [-0.25, -0.2) is 21.6 Å². The van der Waals surface area contributed by atoms with E-state index in [0.29, 0.717) is 15.3 Å². The van der Waals surface area contributed by atoms with Gasteiger partial charge in [0.2, 0.25) is 0 Å². The summed E-state index contributed by atoms with van der Waals surface area (Å²) in [5.41, 5.74) is -1.47. The van der Waals surface area contributed by atoms with E-state index in [9.17, 15) is 31.6 Å². The molecule has 2 aromatic carbocycles. The summed E-state index contributed by atoms with van der Waals surface area (Å²) in [6.45, 7) is 0.980. The number of hydrogen-bond donors (Lipinski definition) is 0. The Bertz CT molecular complexity index is 1700. The minimum absolute atomic E-state index is 0.103. The molecule has 0 atom stereocenters. The SMILES string of the molecule is CCC(F)(F)c1cc(-c2ccc(-c3cccc(S(C)(=O)=O)c3)s2)n(Cc2ccccc2F)c(=O)c1C#N. The zero-order chi connectivity index (χ0) is 27.0. The first-order valence-corrected chi connectivity index (χ1v) is 13.9. The molecular formula is C27H21F3N2O3S2. The van der Waals surface area contributed by atoms with E-state index in [4.69, 9.17) is 0 Å². The molecule has 0 fully saturated rings. The summed E-state index contributed by atoms with van der Waals surface area (Å²) in [7, 11) is -3.45. The average molecular weight is 543 g/mol. The molecule has 0 radical (unpaired) electrons. The van der Waals surface area contributed by atoms with E-state index in [0.717, 1.165) is 28.2 Å². The minimum atomic E-state index is -3.45. The highest BCUT2D eigenvalue weighted by molar-refractivity contribution is 7.90. The van der Waals surface area contributed by atoms with E-state index in [-0.39, 0.29) is 22.7 Å². The van der Waals surface area contributed by atoms with Crippen LogP contribution in [0.15, 0.2) is 76.4 Å². The van der Waals surface area contributed by atoms with Crippen molar-refractivity contribution in [3.63, 3.8) is 0 Å². The van der Waals surface area contributed by atoms with E-state index in [1.165, 1.54) is 37.3 Å². The number of benzene rings is 2. The second-order valence-electron chi connectivity index (χ2n) is 8.43. The van der Waals surface area contributed by atoms with Crippen molar-refractivity contribution in [1.82, 2.24) is 4.57 Å². The highest BCUT2D eigenvalue weighted by Crippen LogP contribution is 2.39. The van der Waals surface area contributed by atoms with Crippen LogP contribution in [0.25, 0.3) is 21.0 Å². The highest BCUT2D eigenvalue weighted by atomic mass is 32.2. The van der Waals surface area contributed by atoms with E-state index in [1.807, 2.05) is 0 Å². The Morgan fingerprint density at radius 3 is 2.38 bits per heavy atom. The summed E-state index contributed by atoms with van der Waals surface area (Å²) in [5, 5.41) is 9.59. The first kappa shape index (κ1) is 26.4. The van der Waals surface area contributed by atoms with Crippen molar-refractivity contribution in [2.45, 2.75) is 30.7 Å². The molecule has 2 heterocycles. The third kappa shape index (κ3) is 5.24. The molecule has 0 spiro atoms. The zero-order valence-corrected chi connectivity index (χ0v) is 21.5. The van der Waals surface area contributed by atoms with Crippen LogP contribution in [0, 0.1) is 17.1 Å². The number of aromatic nitrogens is 1. The molecule has 0 aliphatic carbocycles. The number of nitrogens with zero attached hydrogens (tertiary/aromatic N) is 2. The predicted octanol–water partition coefficient (Wildman–Crippen LogP) is 6.21. The highest BCUT2D eigenvalue weighted by Gasteiger charge is 2.35. The third-order valence-electron chi connectivity index (χ3n) is 5.94. The molecule has 0 N–H and O–H groups in total. The smallest absolute Gasteiger partial charge is 0.274 e. The molecule has 4 rings (SSSR count). The van der Waals surface area contributed by atoms with Crippen molar-refractivity contribution >= 4 is 21.2 Å². The molecule has 10 heteroatoms. The Morgan fingerprint density at radius 2 is 1.73 bits per heavy atom. The van der Waals surface area contributed by atoms with E-state index in [2.05, 4.69) is 0 Å². The number of sulfone groups is 1. The standard InChI is InChI=1S/C27H21F3N2O3S2/c1-3-27(29,30)21-14-23(32(26(33)20(21)15-31)16-18-7-4-5-10-22(18)28)25-12-11-24(36-25)17-8-6-9-19(13-17)37(2,34)35/h4-14H,3,16H2,1-2H3. The Kier molecular flexibility index (Phi) is 7.13. The fourth-order valence-corrected chi connectivity index (χ4v) is 5.60. The largest absolute Gasteiger partial charge is 0.302 e. The molecule has 190 valence electrons. The van der Waals surface area contributed by atoms with Crippen LogP contribution in [-0.4, -0.2) is 19.2 Å².